The van der Waals surface area contributed by atoms with Crippen LogP contribution in [0, 0.1) is 0 Å². The SMILES string of the molecule is CCOc1ccc(/C(O)=C2\C(=O)C(=O)N(Cc3cccnc3)C2c2ccc(OCc3ccccc3)c(OCC)c2)cc1. The van der Waals surface area contributed by atoms with Gasteiger partial charge in [0.05, 0.1) is 24.8 Å². The molecule has 5 rings (SSSR count). The molecule has 1 atom stereocenters. The van der Waals surface area contributed by atoms with E-state index in [1.807, 2.05) is 50.2 Å². The molecule has 2 heterocycles. The molecule has 1 fully saturated rings. The highest BCUT2D eigenvalue weighted by Crippen LogP contribution is 2.43. The van der Waals surface area contributed by atoms with E-state index in [1.54, 1.807) is 60.9 Å². The normalized spacial score (nSPS) is 16.0. The number of benzene rings is 3. The van der Waals surface area contributed by atoms with Crippen LogP contribution in [0.4, 0.5) is 0 Å². The van der Waals surface area contributed by atoms with Crippen LogP contribution >= 0.6 is 0 Å². The smallest absolute Gasteiger partial charge is 0.295 e. The van der Waals surface area contributed by atoms with Gasteiger partial charge in [0.25, 0.3) is 11.7 Å². The summed E-state index contributed by atoms with van der Waals surface area (Å²) in [6.45, 7) is 5.10. The first-order chi connectivity index (χ1) is 20.5. The van der Waals surface area contributed by atoms with E-state index in [4.69, 9.17) is 14.2 Å². The van der Waals surface area contributed by atoms with Crippen molar-refractivity contribution >= 4 is 17.4 Å². The Labute approximate surface area is 244 Å². The summed E-state index contributed by atoms with van der Waals surface area (Å²) in [4.78, 5) is 32.6. The number of rotatable bonds is 11. The molecule has 0 radical (unpaired) electrons. The highest BCUT2D eigenvalue weighted by atomic mass is 16.5. The molecule has 1 aromatic heterocycles. The number of likely N-dealkylation sites (tertiary alicyclic amines) is 1. The fourth-order valence-electron chi connectivity index (χ4n) is 4.93. The first-order valence-corrected chi connectivity index (χ1v) is 13.8. The summed E-state index contributed by atoms with van der Waals surface area (Å²) in [6, 6.07) is 24.6. The summed E-state index contributed by atoms with van der Waals surface area (Å²) < 4.78 is 17.5. The summed E-state index contributed by atoms with van der Waals surface area (Å²) in [6.07, 6.45) is 3.29. The summed E-state index contributed by atoms with van der Waals surface area (Å²) in [7, 11) is 0. The lowest BCUT2D eigenvalue weighted by Gasteiger charge is -2.26. The Morgan fingerprint density at radius 3 is 2.26 bits per heavy atom. The number of hydrogen-bond donors (Lipinski definition) is 1. The molecule has 1 saturated heterocycles. The largest absolute Gasteiger partial charge is 0.507 e. The van der Waals surface area contributed by atoms with Crippen molar-refractivity contribution in [3.05, 3.63) is 125 Å². The Morgan fingerprint density at radius 2 is 1.57 bits per heavy atom. The van der Waals surface area contributed by atoms with Crippen LogP contribution in [0.25, 0.3) is 5.76 Å². The first kappa shape index (κ1) is 28.4. The Bertz CT molecular complexity index is 1570. The van der Waals surface area contributed by atoms with Gasteiger partial charge in [-0.3, -0.25) is 14.6 Å². The molecule has 3 aromatic carbocycles. The zero-order valence-corrected chi connectivity index (χ0v) is 23.5. The average molecular weight is 565 g/mol. The van der Waals surface area contributed by atoms with Crippen LogP contribution in [-0.4, -0.2) is 39.9 Å². The molecule has 1 aliphatic heterocycles. The fourth-order valence-corrected chi connectivity index (χ4v) is 4.93. The molecule has 0 saturated carbocycles. The summed E-state index contributed by atoms with van der Waals surface area (Å²) in [5.74, 6) is -0.108. The van der Waals surface area contributed by atoms with Crippen molar-refractivity contribution in [2.45, 2.75) is 33.0 Å². The van der Waals surface area contributed by atoms with Crippen LogP contribution in [0.2, 0.25) is 0 Å². The molecule has 214 valence electrons. The van der Waals surface area contributed by atoms with Crippen LogP contribution in [0.1, 0.15) is 42.1 Å². The van der Waals surface area contributed by atoms with Crippen LogP contribution in [-0.2, 0) is 22.7 Å². The molecule has 4 aromatic rings. The lowest BCUT2D eigenvalue weighted by molar-refractivity contribution is -0.140. The quantitative estimate of drug-likeness (QED) is 0.134. The van der Waals surface area contributed by atoms with Crippen LogP contribution in [0.5, 0.6) is 17.2 Å². The van der Waals surface area contributed by atoms with Gasteiger partial charge in [-0.15, -0.1) is 0 Å². The summed E-state index contributed by atoms with van der Waals surface area (Å²) >= 11 is 0. The molecule has 1 unspecified atom stereocenters. The van der Waals surface area contributed by atoms with Gasteiger partial charge < -0.3 is 24.2 Å². The van der Waals surface area contributed by atoms with E-state index in [2.05, 4.69) is 4.98 Å². The highest BCUT2D eigenvalue weighted by molar-refractivity contribution is 6.46. The number of ketones is 1. The van der Waals surface area contributed by atoms with Crippen molar-refractivity contribution in [1.82, 2.24) is 9.88 Å². The number of carbonyl (C=O) groups is 2. The predicted octanol–water partition coefficient (Wildman–Crippen LogP) is 6.08. The monoisotopic (exact) mass is 564 g/mol. The maximum Gasteiger partial charge on any atom is 0.295 e. The maximum atomic E-state index is 13.5. The molecular formula is C34H32N2O6. The van der Waals surface area contributed by atoms with Crippen molar-refractivity contribution in [3.63, 3.8) is 0 Å². The van der Waals surface area contributed by atoms with E-state index in [9.17, 15) is 14.7 Å². The third kappa shape index (κ3) is 6.12. The van der Waals surface area contributed by atoms with Gasteiger partial charge in [0, 0.05) is 24.5 Å². The number of nitrogens with zero attached hydrogens (tertiary/aromatic N) is 2. The Kier molecular flexibility index (Phi) is 8.82. The number of aliphatic hydroxyl groups excluding tert-OH is 1. The molecular weight excluding hydrogens is 532 g/mol. The molecule has 8 nitrogen and oxygen atoms in total. The van der Waals surface area contributed by atoms with Gasteiger partial charge in [-0.25, -0.2) is 0 Å². The number of hydrogen-bond acceptors (Lipinski definition) is 7. The summed E-state index contributed by atoms with van der Waals surface area (Å²) in [5, 5.41) is 11.5. The molecule has 0 aliphatic carbocycles. The molecule has 1 N–H and O–H groups in total. The zero-order chi connectivity index (χ0) is 29.5. The van der Waals surface area contributed by atoms with Crippen molar-refractivity contribution in [3.8, 4) is 17.2 Å². The Balaban J connectivity index is 1.57. The number of Topliss-reactive ketones (excluding diaryl/α,β-unsaturated/α-hetero) is 1. The highest BCUT2D eigenvalue weighted by Gasteiger charge is 2.46. The topological polar surface area (TPSA) is 98.2 Å². The standard InChI is InChI=1S/C34H32N2O6/c1-3-40-27-15-12-25(13-16-27)32(37)30-31(36(34(39)33(30)38)21-24-11-8-18-35-20-24)26-14-17-28(29(19-26)41-4-2)42-22-23-9-6-5-7-10-23/h5-20,31,37H,3-4,21-22H2,1-2H3/b32-30+. The van der Waals surface area contributed by atoms with E-state index < -0.39 is 17.7 Å². The van der Waals surface area contributed by atoms with Crippen LogP contribution in [0.15, 0.2) is 103 Å². The molecule has 0 bridgehead atoms. The number of aliphatic hydroxyl groups is 1. The average Bonchev–Trinajstić information content (AvgIpc) is 3.26. The number of aromatic nitrogens is 1. The second kappa shape index (κ2) is 13.0. The van der Waals surface area contributed by atoms with Gasteiger partial charge in [0.1, 0.15) is 18.1 Å². The number of amides is 1. The van der Waals surface area contributed by atoms with Crippen LogP contribution in [0.3, 0.4) is 0 Å². The first-order valence-electron chi connectivity index (χ1n) is 13.8. The second-order valence-corrected chi connectivity index (χ2v) is 9.66. The lowest BCUT2D eigenvalue weighted by atomic mass is 9.94. The van der Waals surface area contributed by atoms with E-state index in [0.29, 0.717) is 48.2 Å². The fraction of sp³-hybridized carbons (Fsp3) is 0.206. The van der Waals surface area contributed by atoms with E-state index in [0.717, 1.165) is 11.1 Å². The van der Waals surface area contributed by atoms with Gasteiger partial charge in [0.15, 0.2) is 11.5 Å². The third-order valence-electron chi connectivity index (χ3n) is 6.87. The summed E-state index contributed by atoms with van der Waals surface area (Å²) in [5.41, 5.74) is 2.74. The van der Waals surface area contributed by atoms with E-state index >= 15 is 0 Å². The Hall–Kier alpha value is -5.11. The molecule has 8 heteroatoms. The van der Waals surface area contributed by atoms with Gasteiger partial charge in [-0.1, -0.05) is 42.5 Å². The molecule has 1 aliphatic rings. The van der Waals surface area contributed by atoms with Gasteiger partial charge >= 0.3 is 0 Å². The van der Waals surface area contributed by atoms with E-state index in [1.165, 1.54) is 4.90 Å². The number of carbonyl (C=O) groups excluding carboxylic acids is 2. The number of ether oxygens (including phenoxy) is 3. The van der Waals surface area contributed by atoms with Crippen molar-refractivity contribution in [2.75, 3.05) is 13.2 Å². The van der Waals surface area contributed by atoms with E-state index in [-0.39, 0.29) is 17.9 Å². The van der Waals surface area contributed by atoms with Gasteiger partial charge in [-0.05, 0) is 73.0 Å². The maximum absolute atomic E-state index is 13.5. The predicted molar refractivity (Wildman–Crippen MR) is 158 cm³/mol. The van der Waals surface area contributed by atoms with Crippen LogP contribution < -0.4 is 14.2 Å². The Morgan fingerprint density at radius 1 is 0.833 bits per heavy atom. The molecule has 1 amide bonds. The number of pyridine rings is 1. The second-order valence-electron chi connectivity index (χ2n) is 9.66. The molecule has 0 spiro atoms. The van der Waals surface area contributed by atoms with Crippen molar-refractivity contribution in [2.24, 2.45) is 0 Å². The minimum absolute atomic E-state index is 0.00606. The van der Waals surface area contributed by atoms with Crippen molar-refractivity contribution < 1.29 is 28.9 Å². The zero-order valence-electron chi connectivity index (χ0n) is 23.5. The minimum Gasteiger partial charge on any atom is -0.507 e. The van der Waals surface area contributed by atoms with Gasteiger partial charge in [-0.2, -0.15) is 0 Å². The van der Waals surface area contributed by atoms with Gasteiger partial charge in [0.2, 0.25) is 0 Å². The van der Waals surface area contributed by atoms with Crippen molar-refractivity contribution in [1.29, 1.82) is 0 Å². The molecule has 42 heavy (non-hydrogen) atoms. The third-order valence-corrected chi connectivity index (χ3v) is 6.87. The minimum atomic E-state index is -0.876. The lowest BCUT2D eigenvalue weighted by Crippen LogP contribution is -2.29.